The maximum Gasteiger partial charge on any atom is 0.191 e. The average molecular weight is 424 g/mol. The molecule has 0 spiro atoms. The minimum Gasteiger partial charge on any atom is -0.382 e. The molecule has 1 aromatic rings. The summed E-state index contributed by atoms with van der Waals surface area (Å²) in [7, 11) is 1.97. The van der Waals surface area contributed by atoms with Gasteiger partial charge in [-0.2, -0.15) is 0 Å². The summed E-state index contributed by atoms with van der Waals surface area (Å²) in [5.41, 5.74) is 0. The smallest absolute Gasteiger partial charge is 0.191 e. The predicted octanol–water partition coefficient (Wildman–Crippen LogP) is 1.47. The van der Waals surface area contributed by atoms with Gasteiger partial charge in [-0.25, -0.2) is 4.99 Å². The van der Waals surface area contributed by atoms with Crippen LogP contribution in [-0.2, 0) is 23.1 Å². The zero-order chi connectivity index (χ0) is 21.8. The third kappa shape index (κ3) is 8.97. The van der Waals surface area contributed by atoms with E-state index in [0.717, 1.165) is 82.9 Å². The van der Waals surface area contributed by atoms with Gasteiger partial charge in [0.15, 0.2) is 11.8 Å². The number of rotatable bonds is 12. The van der Waals surface area contributed by atoms with Gasteiger partial charge >= 0.3 is 0 Å². The molecule has 9 nitrogen and oxygen atoms in total. The molecule has 9 heteroatoms. The molecule has 2 N–H and O–H groups in total. The molecule has 1 aliphatic rings. The Morgan fingerprint density at radius 1 is 1.23 bits per heavy atom. The number of piperidine rings is 1. The van der Waals surface area contributed by atoms with Crippen molar-refractivity contribution in [3.63, 3.8) is 0 Å². The molecule has 0 amide bonds. The number of hydrogen-bond donors (Lipinski definition) is 2. The highest BCUT2D eigenvalue weighted by molar-refractivity contribution is 5.80. The van der Waals surface area contributed by atoms with E-state index < -0.39 is 0 Å². The number of aliphatic imine (C=N–C) groups is 1. The number of nitrogens with zero attached hydrogens (tertiary/aromatic N) is 5. The van der Waals surface area contributed by atoms with E-state index in [1.54, 1.807) is 0 Å². The second kappa shape index (κ2) is 13.6. The van der Waals surface area contributed by atoms with Crippen molar-refractivity contribution in [3.05, 3.63) is 11.6 Å². The fraction of sp³-hybridized carbons (Fsp3) is 0.857. The van der Waals surface area contributed by atoms with Crippen LogP contribution in [0.15, 0.2) is 4.99 Å². The molecule has 0 radical (unpaired) electrons. The van der Waals surface area contributed by atoms with E-state index >= 15 is 0 Å². The van der Waals surface area contributed by atoms with Crippen molar-refractivity contribution in [3.8, 4) is 0 Å². The fourth-order valence-corrected chi connectivity index (χ4v) is 3.33. The van der Waals surface area contributed by atoms with Crippen LogP contribution in [0.5, 0.6) is 0 Å². The van der Waals surface area contributed by atoms with Crippen LogP contribution in [0.2, 0.25) is 0 Å². The molecule has 0 saturated carbocycles. The van der Waals surface area contributed by atoms with Crippen molar-refractivity contribution in [2.24, 2.45) is 12.0 Å². The normalized spacial score (nSPS) is 16.4. The number of aromatic nitrogens is 3. The van der Waals surface area contributed by atoms with Gasteiger partial charge in [0.2, 0.25) is 0 Å². The van der Waals surface area contributed by atoms with Gasteiger partial charge < -0.3 is 29.6 Å². The standard InChI is InChI=1S/C21H41N7O2/c1-6-29-14-7-10-22-21(23-16-20-26-25-18(4)27(20)5)24-19-8-11-28(12-9-19)13-15-30-17(2)3/h17,19H,6-16H2,1-5H3,(H2,22,23,24). The minimum atomic E-state index is 0.300. The van der Waals surface area contributed by atoms with E-state index in [0.29, 0.717) is 18.7 Å². The maximum absolute atomic E-state index is 5.68. The lowest BCUT2D eigenvalue weighted by Gasteiger charge is -2.33. The first-order chi connectivity index (χ1) is 14.5. The first-order valence-corrected chi connectivity index (χ1v) is 11.3. The Kier molecular flexibility index (Phi) is 11.1. The summed E-state index contributed by atoms with van der Waals surface area (Å²) in [4.78, 5) is 7.25. The van der Waals surface area contributed by atoms with Gasteiger partial charge in [0, 0.05) is 52.5 Å². The molecular weight excluding hydrogens is 382 g/mol. The largest absolute Gasteiger partial charge is 0.382 e. The highest BCUT2D eigenvalue weighted by atomic mass is 16.5. The third-order valence-electron chi connectivity index (χ3n) is 5.31. The van der Waals surface area contributed by atoms with Gasteiger partial charge in [-0.15, -0.1) is 10.2 Å². The van der Waals surface area contributed by atoms with Crippen molar-refractivity contribution in [2.75, 3.05) is 46.0 Å². The van der Waals surface area contributed by atoms with Gasteiger partial charge in [0.25, 0.3) is 0 Å². The number of hydrogen-bond acceptors (Lipinski definition) is 6. The number of ether oxygens (including phenoxy) is 2. The first-order valence-electron chi connectivity index (χ1n) is 11.3. The van der Waals surface area contributed by atoms with E-state index in [1.165, 1.54) is 0 Å². The monoisotopic (exact) mass is 423 g/mol. The van der Waals surface area contributed by atoms with E-state index in [2.05, 4.69) is 39.6 Å². The molecule has 1 fully saturated rings. The van der Waals surface area contributed by atoms with Gasteiger partial charge in [-0.3, -0.25) is 0 Å². The highest BCUT2D eigenvalue weighted by Crippen LogP contribution is 2.10. The Morgan fingerprint density at radius 3 is 2.63 bits per heavy atom. The number of nitrogens with one attached hydrogen (secondary N) is 2. The molecule has 0 bridgehead atoms. The molecule has 2 heterocycles. The zero-order valence-electron chi connectivity index (χ0n) is 19.5. The van der Waals surface area contributed by atoms with Crippen LogP contribution in [0, 0.1) is 6.92 Å². The van der Waals surface area contributed by atoms with E-state index in [-0.39, 0.29) is 0 Å². The Morgan fingerprint density at radius 2 is 2.00 bits per heavy atom. The Balaban J connectivity index is 1.83. The molecule has 0 aromatic carbocycles. The summed E-state index contributed by atoms with van der Waals surface area (Å²) in [6.07, 6.45) is 3.45. The second-order valence-corrected chi connectivity index (χ2v) is 8.04. The van der Waals surface area contributed by atoms with Crippen molar-refractivity contribution in [2.45, 2.75) is 65.6 Å². The zero-order valence-corrected chi connectivity index (χ0v) is 19.5. The van der Waals surface area contributed by atoms with E-state index in [9.17, 15) is 0 Å². The summed E-state index contributed by atoms with van der Waals surface area (Å²) in [6, 6.07) is 0.423. The Hall–Kier alpha value is -1.71. The van der Waals surface area contributed by atoms with Crippen LogP contribution < -0.4 is 10.6 Å². The van der Waals surface area contributed by atoms with Gasteiger partial charge in [0.1, 0.15) is 12.4 Å². The molecule has 1 saturated heterocycles. The molecule has 0 unspecified atom stereocenters. The van der Waals surface area contributed by atoms with Crippen molar-refractivity contribution < 1.29 is 9.47 Å². The molecule has 2 rings (SSSR count). The van der Waals surface area contributed by atoms with Gasteiger partial charge in [0.05, 0.1) is 12.7 Å². The van der Waals surface area contributed by atoms with Crippen LogP contribution in [0.1, 0.15) is 51.7 Å². The molecule has 1 aliphatic heterocycles. The molecule has 0 atom stereocenters. The minimum absolute atomic E-state index is 0.300. The van der Waals surface area contributed by atoms with Crippen LogP contribution in [0.4, 0.5) is 0 Å². The number of likely N-dealkylation sites (tertiary alicyclic amines) is 1. The Bertz CT molecular complexity index is 625. The third-order valence-corrected chi connectivity index (χ3v) is 5.31. The average Bonchev–Trinajstić information content (AvgIpc) is 3.04. The lowest BCUT2D eigenvalue weighted by molar-refractivity contribution is 0.0532. The topological polar surface area (TPSA) is 88.8 Å². The summed E-state index contributed by atoms with van der Waals surface area (Å²) >= 11 is 0. The Labute approximate surface area is 181 Å². The quantitative estimate of drug-likeness (QED) is 0.299. The van der Waals surface area contributed by atoms with Crippen molar-refractivity contribution in [1.82, 2.24) is 30.3 Å². The van der Waals surface area contributed by atoms with Crippen LogP contribution >= 0.6 is 0 Å². The molecular formula is C21H41N7O2. The van der Waals surface area contributed by atoms with E-state index in [1.807, 2.05) is 25.5 Å². The summed E-state index contributed by atoms with van der Waals surface area (Å²) in [5, 5.41) is 15.4. The molecule has 0 aliphatic carbocycles. The number of guanidine groups is 1. The van der Waals surface area contributed by atoms with E-state index in [4.69, 9.17) is 14.5 Å². The van der Waals surface area contributed by atoms with Crippen LogP contribution in [0.25, 0.3) is 0 Å². The van der Waals surface area contributed by atoms with Crippen LogP contribution in [-0.4, -0.2) is 83.8 Å². The second-order valence-electron chi connectivity index (χ2n) is 8.04. The van der Waals surface area contributed by atoms with Gasteiger partial charge in [-0.1, -0.05) is 0 Å². The number of aryl methyl sites for hydroxylation is 1. The lowest BCUT2D eigenvalue weighted by Crippen LogP contribution is -2.49. The highest BCUT2D eigenvalue weighted by Gasteiger charge is 2.20. The molecule has 30 heavy (non-hydrogen) atoms. The summed E-state index contributed by atoms with van der Waals surface area (Å²) in [6.45, 7) is 15.0. The molecule has 172 valence electrons. The lowest BCUT2D eigenvalue weighted by atomic mass is 10.1. The van der Waals surface area contributed by atoms with Crippen molar-refractivity contribution >= 4 is 5.96 Å². The summed E-state index contributed by atoms with van der Waals surface area (Å²) < 4.78 is 13.1. The molecule has 1 aromatic heterocycles. The fourth-order valence-electron chi connectivity index (χ4n) is 3.33. The summed E-state index contributed by atoms with van der Waals surface area (Å²) in [5.74, 6) is 2.60. The van der Waals surface area contributed by atoms with Gasteiger partial charge in [-0.05, 0) is 47.0 Å². The predicted molar refractivity (Wildman–Crippen MR) is 120 cm³/mol. The van der Waals surface area contributed by atoms with Crippen LogP contribution in [0.3, 0.4) is 0 Å². The first kappa shape index (κ1) is 24.6. The SMILES string of the molecule is CCOCCCNC(=NCc1nnc(C)n1C)NC1CCN(CCOC(C)C)CC1. The maximum atomic E-state index is 5.68. The van der Waals surface area contributed by atoms with Crippen molar-refractivity contribution in [1.29, 1.82) is 0 Å².